The first-order valence-corrected chi connectivity index (χ1v) is 8.44. The average molecular weight is 273 g/mol. The van der Waals surface area contributed by atoms with Crippen LogP contribution in [0.15, 0.2) is 24.3 Å². The quantitative estimate of drug-likeness (QED) is 0.668. The second-order valence-electron chi connectivity index (χ2n) is 7.24. The van der Waals surface area contributed by atoms with Gasteiger partial charge in [-0.15, -0.1) is 0 Å². The molecule has 0 aliphatic heterocycles. The van der Waals surface area contributed by atoms with Crippen LogP contribution in [0.4, 0.5) is 5.69 Å². The topological polar surface area (TPSA) is 12.0 Å². The van der Waals surface area contributed by atoms with Crippen molar-refractivity contribution in [3.8, 4) is 0 Å². The molecule has 1 nitrogen and oxygen atoms in total. The summed E-state index contributed by atoms with van der Waals surface area (Å²) in [6.07, 6.45) is 10.5. The molecular formula is C19H31N. The van der Waals surface area contributed by atoms with Crippen molar-refractivity contribution in [3.63, 3.8) is 0 Å². The van der Waals surface area contributed by atoms with E-state index in [9.17, 15) is 0 Å². The van der Waals surface area contributed by atoms with Crippen LogP contribution in [0.5, 0.6) is 0 Å². The summed E-state index contributed by atoms with van der Waals surface area (Å²) in [5.41, 5.74) is 3.31. The fraction of sp³-hybridized carbons (Fsp3) is 0.684. The number of rotatable bonds is 5. The third-order valence-corrected chi connectivity index (χ3v) is 4.72. The summed E-state index contributed by atoms with van der Waals surface area (Å²) in [5, 5.41) is 3.74. The van der Waals surface area contributed by atoms with E-state index in [0.29, 0.717) is 11.5 Å². The van der Waals surface area contributed by atoms with Crippen LogP contribution in [0.2, 0.25) is 0 Å². The van der Waals surface area contributed by atoms with Crippen LogP contribution in [-0.2, 0) is 6.42 Å². The number of nitrogens with one attached hydrogen (secondary N) is 1. The zero-order valence-corrected chi connectivity index (χ0v) is 13.5. The van der Waals surface area contributed by atoms with Gasteiger partial charge in [0.2, 0.25) is 0 Å². The molecule has 0 heterocycles. The lowest BCUT2D eigenvalue weighted by Crippen LogP contribution is -2.19. The average Bonchev–Trinajstić information content (AvgIpc) is 2.59. The first kappa shape index (κ1) is 15.4. The Balaban J connectivity index is 1.86. The Morgan fingerprint density at radius 1 is 1.10 bits per heavy atom. The predicted octanol–water partition coefficient (Wildman–Crippen LogP) is 5.80. The molecule has 112 valence electrons. The normalized spacial score (nSPS) is 22.2. The molecule has 0 aromatic heterocycles. The zero-order chi connectivity index (χ0) is 14.4. The summed E-state index contributed by atoms with van der Waals surface area (Å²) in [4.78, 5) is 0. The van der Waals surface area contributed by atoms with E-state index in [-0.39, 0.29) is 0 Å². The predicted molar refractivity (Wildman–Crippen MR) is 89.3 cm³/mol. The molecule has 1 heteroatoms. The maximum Gasteiger partial charge on any atom is 0.0342 e. The third kappa shape index (κ3) is 4.85. The number of aryl methyl sites for hydroxylation is 1. The number of hydrogen-bond acceptors (Lipinski definition) is 1. The van der Waals surface area contributed by atoms with Crippen LogP contribution in [-0.4, -0.2) is 6.04 Å². The fourth-order valence-electron chi connectivity index (χ4n) is 3.19. The molecule has 1 saturated carbocycles. The molecule has 0 amide bonds. The summed E-state index contributed by atoms with van der Waals surface area (Å²) in [5.74, 6) is 0. The van der Waals surface area contributed by atoms with Crippen molar-refractivity contribution in [3.05, 3.63) is 29.8 Å². The van der Waals surface area contributed by atoms with E-state index in [1.807, 2.05) is 0 Å². The Kier molecular flexibility index (Phi) is 5.51. The Morgan fingerprint density at radius 3 is 2.55 bits per heavy atom. The van der Waals surface area contributed by atoms with Gasteiger partial charge in [0.1, 0.15) is 0 Å². The minimum Gasteiger partial charge on any atom is -0.382 e. The molecular weight excluding hydrogens is 242 g/mol. The van der Waals surface area contributed by atoms with Gasteiger partial charge < -0.3 is 5.32 Å². The maximum absolute atomic E-state index is 3.74. The van der Waals surface area contributed by atoms with E-state index in [1.54, 1.807) is 0 Å². The minimum absolute atomic E-state index is 0.542. The highest BCUT2D eigenvalue weighted by molar-refractivity contribution is 5.45. The number of anilines is 1. The van der Waals surface area contributed by atoms with Gasteiger partial charge in [-0.05, 0) is 61.6 Å². The Labute approximate surface area is 125 Å². The Bertz CT molecular complexity index is 391. The largest absolute Gasteiger partial charge is 0.382 e. The zero-order valence-electron chi connectivity index (χ0n) is 13.5. The van der Waals surface area contributed by atoms with Crippen LogP contribution >= 0.6 is 0 Å². The summed E-state index contributed by atoms with van der Waals surface area (Å²) < 4.78 is 0. The van der Waals surface area contributed by atoms with Crippen molar-refractivity contribution >= 4 is 5.69 Å². The van der Waals surface area contributed by atoms with Gasteiger partial charge in [0, 0.05) is 11.7 Å². The molecule has 1 N–H and O–H groups in total. The van der Waals surface area contributed by atoms with Crippen molar-refractivity contribution < 1.29 is 0 Å². The maximum atomic E-state index is 3.74. The van der Waals surface area contributed by atoms with Crippen LogP contribution in [0.25, 0.3) is 0 Å². The molecule has 1 aromatic carbocycles. The summed E-state index contributed by atoms with van der Waals surface area (Å²) in [7, 11) is 0. The summed E-state index contributed by atoms with van der Waals surface area (Å²) >= 11 is 0. The smallest absolute Gasteiger partial charge is 0.0342 e. The van der Waals surface area contributed by atoms with Crippen molar-refractivity contribution in [1.82, 2.24) is 0 Å². The third-order valence-electron chi connectivity index (χ3n) is 4.72. The molecule has 1 fully saturated rings. The molecule has 0 radical (unpaired) electrons. The molecule has 1 aliphatic rings. The number of benzene rings is 1. The summed E-state index contributed by atoms with van der Waals surface area (Å²) in [6.45, 7) is 7.08. The molecule has 1 aliphatic carbocycles. The van der Waals surface area contributed by atoms with Crippen LogP contribution in [0.3, 0.4) is 0 Å². The first-order valence-electron chi connectivity index (χ1n) is 8.44. The summed E-state index contributed by atoms with van der Waals surface area (Å²) in [6, 6.07) is 9.78. The van der Waals surface area contributed by atoms with Gasteiger partial charge in [0.15, 0.2) is 0 Å². The lowest BCUT2D eigenvalue weighted by atomic mass is 9.85. The number of unbranched alkanes of at least 4 members (excludes halogenated alkanes) is 1. The molecule has 2 rings (SSSR count). The van der Waals surface area contributed by atoms with E-state index in [1.165, 1.54) is 62.6 Å². The van der Waals surface area contributed by atoms with Crippen molar-refractivity contribution in [1.29, 1.82) is 0 Å². The van der Waals surface area contributed by atoms with Crippen LogP contribution in [0, 0.1) is 5.41 Å². The monoisotopic (exact) mass is 273 g/mol. The lowest BCUT2D eigenvalue weighted by molar-refractivity contribution is 0.313. The second-order valence-corrected chi connectivity index (χ2v) is 7.24. The van der Waals surface area contributed by atoms with E-state index in [2.05, 4.69) is 50.4 Å². The van der Waals surface area contributed by atoms with Crippen LogP contribution in [0.1, 0.15) is 71.3 Å². The fourth-order valence-corrected chi connectivity index (χ4v) is 3.19. The van der Waals surface area contributed by atoms with Crippen LogP contribution < -0.4 is 5.32 Å². The standard InChI is InChI=1S/C19H31N/c1-4-5-7-16-9-11-18(12-10-16)20-17-8-6-14-19(2,3)15-13-17/h9-12,17,20H,4-8,13-15H2,1-3H3. The van der Waals surface area contributed by atoms with E-state index < -0.39 is 0 Å². The van der Waals surface area contributed by atoms with Gasteiger partial charge in [-0.3, -0.25) is 0 Å². The highest BCUT2D eigenvalue weighted by atomic mass is 14.9. The second kappa shape index (κ2) is 7.15. The molecule has 1 atom stereocenters. The van der Waals surface area contributed by atoms with E-state index in [4.69, 9.17) is 0 Å². The van der Waals surface area contributed by atoms with Crippen molar-refractivity contribution in [2.45, 2.75) is 78.2 Å². The molecule has 1 aromatic rings. The molecule has 20 heavy (non-hydrogen) atoms. The van der Waals surface area contributed by atoms with Gasteiger partial charge in [0.25, 0.3) is 0 Å². The van der Waals surface area contributed by atoms with E-state index in [0.717, 1.165) is 0 Å². The highest BCUT2D eigenvalue weighted by Gasteiger charge is 2.24. The first-order chi connectivity index (χ1) is 9.59. The van der Waals surface area contributed by atoms with Gasteiger partial charge >= 0.3 is 0 Å². The van der Waals surface area contributed by atoms with Gasteiger partial charge in [0.05, 0.1) is 0 Å². The molecule has 1 unspecified atom stereocenters. The minimum atomic E-state index is 0.542. The molecule has 0 spiro atoms. The molecule has 0 saturated heterocycles. The van der Waals surface area contributed by atoms with Crippen molar-refractivity contribution in [2.24, 2.45) is 5.41 Å². The van der Waals surface area contributed by atoms with E-state index >= 15 is 0 Å². The lowest BCUT2D eigenvalue weighted by Gasteiger charge is -2.22. The Hall–Kier alpha value is -0.980. The van der Waals surface area contributed by atoms with Crippen molar-refractivity contribution in [2.75, 3.05) is 5.32 Å². The van der Waals surface area contributed by atoms with Gasteiger partial charge in [-0.1, -0.05) is 45.7 Å². The van der Waals surface area contributed by atoms with Gasteiger partial charge in [-0.25, -0.2) is 0 Å². The Morgan fingerprint density at radius 2 is 1.85 bits per heavy atom. The number of hydrogen-bond donors (Lipinski definition) is 1. The molecule has 0 bridgehead atoms. The SMILES string of the molecule is CCCCc1ccc(NC2CCCC(C)(C)CC2)cc1. The van der Waals surface area contributed by atoms with Gasteiger partial charge in [-0.2, -0.15) is 0 Å². The highest BCUT2D eigenvalue weighted by Crippen LogP contribution is 2.34.